The van der Waals surface area contributed by atoms with Gasteiger partial charge in [0.05, 0.1) is 18.3 Å². The summed E-state index contributed by atoms with van der Waals surface area (Å²) in [5.41, 5.74) is 2.25. The number of hydrogen-bond acceptors (Lipinski definition) is 4. The molecule has 1 saturated heterocycles. The van der Waals surface area contributed by atoms with Gasteiger partial charge in [-0.1, -0.05) is 42.8 Å². The lowest BCUT2D eigenvalue weighted by Crippen LogP contribution is -2.43. The van der Waals surface area contributed by atoms with Crippen LogP contribution < -0.4 is 5.32 Å². The molecule has 1 atom stereocenters. The van der Waals surface area contributed by atoms with Gasteiger partial charge in [0.1, 0.15) is 0 Å². The van der Waals surface area contributed by atoms with Crippen LogP contribution in [0.15, 0.2) is 54.7 Å². The average Bonchev–Trinajstić information content (AvgIpc) is 2.70. The van der Waals surface area contributed by atoms with E-state index in [1.54, 1.807) is 6.20 Å². The van der Waals surface area contributed by atoms with Gasteiger partial charge < -0.3 is 5.32 Å². The Kier molecular flexibility index (Phi) is 7.36. The van der Waals surface area contributed by atoms with Crippen molar-refractivity contribution in [3.8, 4) is 0 Å². The van der Waals surface area contributed by atoms with Crippen molar-refractivity contribution in [2.24, 2.45) is 0 Å². The summed E-state index contributed by atoms with van der Waals surface area (Å²) in [5, 5.41) is 3.15. The molecule has 1 amide bonds. The molecule has 5 nitrogen and oxygen atoms in total. The smallest absolute Gasteiger partial charge is 0.234 e. The number of carbonyl (C=O) groups excluding carboxylic acids is 1. The molecule has 0 bridgehead atoms. The summed E-state index contributed by atoms with van der Waals surface area (Å²) in [5.74, 6) is 0.0615. The number of carbonyl (C=O) groups is 1. The van der Waals surface area contributed by atoms with E-state index < -0.39 is 0 Å². The van der Waals surface area contributed by atoms with Gasteiger partial charge in [-0.2, -0.15) is 0 Å². The zero-order chi connectivity index (χ0) is 18.9. The molecule has 0 spiro atoms. The molecule has 144 valence electrons. The normalized spacial score (nSPS) is 16.2. The highest BCUT2D eigenvalue weighted by molar-refractivity contribution is 5.78. The van der Waals surface area contributed by atoms with Crippen LogP contribution in [0.3, 0.4) is 0 Å². The fourth-order valence-corrected chi connectivity index (χ4v) is 3.70. The number of nitrogens with one attached hydrogen (secondary N) is 1. The minimum atomic E-state index is 0.0615. The van der Waals surface area contributed by atoms with Crippen molar-refractivity contribution in [3.63, 3.8) is 0 Å². The van der Waals surface area contributed by atoms with Gasteiger partial charge in [0.25, 0.3) is 0 Å². The average molecular weight is 367 g/mol. The Labute approximate surface area is 162 Å². The number of nitrogens with zero attached hydrogens (tertiary/aromatic N) is 3. The number of aromatic nitrogens is 1. The molecule has 1 aliphatic heterocycles. The largest absolute Gasteiger partial charge is 0.353 e. The molecule has 1 aliphatic rings. The van der Waals surface area contributed by atoms with E-state index in [-0.39, 0.29) is 11.9 Å². The van der Waals surface area contributed by atoms with Gasteiger partial charge in [0, 0.05) is 19.3 Å². The monoisotopic (exact) mass is 366 g/mol. The van der Waals surface area contributed by atoms with Crippen molar-refractivity contribution >= 4 is 5.91 Å². The molecule has 1 fully saturated rings. The van der Waals surface area contributed by atoms with Crippen molar-refractivity contribution in [1.82, 2.24) is 20.1 Å². The number of piperidine rings is 1. The molecular weight excluding hydrogens is 336 g/mol. The number of rotatable bonds is 8. The van der Waals surface area contributed by atoms with Crippen molar-refractivity contribution in [2.45, 2.75) is 31.8 Å². The number of benzene rings is 1. The molecule has 5 heteroatoms. The maximum absolute atomic E-state index is 12.5. The molecule has 0 aliphatic carbocycles. The van der Waals surface area contributed by atoms with Gasteiger partial charge in [-0.05, 0) is 50.7 Å². The predicted molar refractivity (Wildman–Crippen MR) is 108 cm³/mol. The number of likely N-dealkylation sites (N-methyl/N-ethyl adjacent to an activating group) is 1. The van der Waals surface area contributed by atoms with Crippen LogP contribution in [0, 0.1) is 0 Å². The number of pyridine rings is 1. The Balaban J connectivity index is 1.53. The maximum Gasteiger partial charge on any atom is 0.234 e. The van der Waals surface area contributed by atoms with Crippen LogP contribution in [0.4, 0.5) is 0 Å². The molecule has 2 aromatic rings. The standard InChI is InChI=1S/C22H30N4O/c1-25(17-20-12-6-7-13-23-20)18-22(27)24-16-21(19-10-4-2-5-11-19)26-14-8-3-9-15-26/h2,4-7,10-13,21H,3,8-9,14-18H2,1H3,(H,24,27). The first-order valence-corrected chi connectivity index (χ1v) is 9.86. The summed E-state index contributed by atoms with van der Waals surface area (Å²) in [7, 11) is 1.95. The molecule has 2 heterocycles. The quantitative estimate of drug-likeness (QED) is 0.780. The molecule has 1 unspecified atom stereocenters. The fraction of sp³-hybridized carbons (Fsp3) is 0.455. The summed E-state index contributed by atoms with van der Waals surface area (Å²) in [6.07, 6.45) is 5.57. The van der Waals surface area contributed by atoms with E-state index in [0.29, 0.717) is 19.6 Å². The van der Waals surface area contributed by atoms with Gasteiger partial charge >= 0.3 is 0 Å². The fourth-order valence-electron chi connectivity index (χ4n) is 3.70. The first kappa shape index (κ1) is 19.5. The summed E-state index contributed by atoms with van der Waals surface area (Å²) >= 11 is 0. The second kappa shape index (κ2) is 10.2. The van der Waals surface area contributed by atoms with Crippen LogP contribution in [0.1, 0.15) is 36.6 Å². The Hall–Kier alpha value is -2.24. The lowest BCUT2D eigenvalue weighted by molar-refractivity contribution is -0.122. The lowest BCUT2D eigenvalue weighted by Gasteiger charge is -2.35. The van der Waals surface area contributed by atoms with Gasteiger partial charge in [-0.3, -0.25) is 19.6 Å². The first-order valence-electron chi connectivity index (χ1n) is 9.86. The van der Waals surface area contributed by atoms with E-state index in [0.717, 1.165) is 18.8 Å². The summed E-state index contributed by atoms with van der Waals surface area (Å²) < 4.78 is 0. The van der Waals surface area contributed by atoms with Gasteiger partial charge in [0.15, 0.2) is 0 Å². The molecule has 1 aromatic carbocycles. The molecule has 0 radical (unpaired) electrons. The first-order chi connectivity index (χ1) is 13.2. The minimum absolute atomic E-state index is 0.0615. The van der Waals surface area contributed by atoms with Gasteiger partial charge in [-0.15, -0.1) is 0 Å². The van der Waals surface area contributed by atoms with E-state index in [9.17, 15) is 4.79 Å². The van der Waals surface area contributed by atoms with Gasteiger partial charge in [0.2, 0.25) is 5.91 Å². The van der Waals surface area contributed by atoms with Crippen molar-refractivity contribution in [3.05, 3.63) is 66.0 Å². The Morgan fingerprint density at radius 3 is 2.56 bits per heavy atom. The number of likely N-dealkylation sites (tertiary alicyclic amines) is 1. The van der Waals surface area contributed by atoms with Crippen molar-refractivity contribution in [1.29, 1.82) is 0 Å². The van der Waals surface area contributed by atoms with E-state index in [1.165, 1.54) is 24.8 Å². The number of hydrogen-bond donors (Lipinski definition) is 1. The van der Waals surface area contributed by atoms with Crippen LogP contribution in [0.5, 0.6) is 0 Å². The zero-order valence-corrected chi connectivity index (χ0v) is 16.2. The van der Waals surface area contributed by atoms with Crippen LogP contribution in [0.25, 0.3) is 0 Å². The molecular formula is C22H30N4O. The third-order valence-corrected chi connectivity index (χ3v) is 5.08. The predicted octanol–water partition coefficient (Wildman–Crippen LogP) is 2.86. The van der Waals surface area contributed by atoms with E-state index in [1.807, 2.05) is 36.2 Å². The van der Waals surface area contributed by atoms with Crippen molar-refractivity contribution < 1.29 is 4.79 Å². The molecule has 27 heavy (non-hydrogen) atoms. The Morgan fingerprint density at radius 1 is 1.11 bits per heavy atom. The topological polar surface area (TPSA) is 48.5 Å². The Bertz CT molecular complexity index is 686. The third kappa shape index (κ3) is 6.15. The Morgan fingerprint density at radius 2 is 1.85 bits per heavy atom. The van der Waals surface area contributed by atoms with Crippen molar-refractivity contribution in [2.75, 3.05) is 33.2 Å². The summed E-state index contributed by atoms with van der Waals surface area (Å²) in [6, 6.07) is 16.6. The highest BCUT2D eigenvalue weighted by Crippen LogP contribution is 2.23. The highest BCUT2D eigenvalue weighted by atomic mass is 16.2. The third-order valence-electron chi connectivity index (χ3n) is 5.08. The second-order valence-corrected chi connectivity index (χ2v) is 7.32. The maximum atomic E-state index is 12.5. The van der Waals surface area contributed by atoms with Crippen LogP contribution in [-0.2, 0) is 11.3 Å². The minimum Gasteiger partial charge on any atom is -0.353 e. The zero-order valence-electron chi connectivity index (χ0n) is 16.2. The molecule has 0 saturated carbocycles. The van der Waals surface area contributed by atoms with Gasteiger partial charge in [-0.25, -0.2) is 0 Å². The summed E-state index contributed by atoms with van der Waals surface area (Å²) in [6.45, 7) is 3.91. The van der Waals surface area contributed by atoms with E-state index in [2.05, 4.69) is 39.5 Å². The van der Waals surface area contributed by atoms with E-state index in [4.69, 9.17) is 0 Å². The summed E-state index contributed by atoms with van der Waals surface area (Å²) in [4.78, 5) is 21.3. The number of amides is 1. The molecule has 3 rings (SSSR count). The SMILES string of the molecule is CN(CC(=O)NCC(c1ccccc1)N1CCCCC1)Cc1ccccn1. The van der Waals surface area contributed by atoms with E-state index >= 15 is 0 Å². The molecule has 1 aromatic heterocycles. The highest BCUT2D eigenvalue weighted by Gasteiger charge is 2.22. The lowest BCUT2D eigenvalue weighted by atomic mass is 10.0. The van der Waals surface area contributed by atoms with Crippen LogP contribution >= 0.6 is 0 Å². The van der Waals surface area contributed by atoms with Crippen LogP contribution in [0.2, 0.25) is 0 Å². The molecule has 1 N–H and O–H groups in total. The van der Waals surface area contributed by atoms with Crippen LogP contribution in [-0.4, -0.2) is 53.9 Å². The second-order valence-electron chi connectivity index (χ2n) is 7.32.